The minimum Gasteiger partial charge on any atom is -0.432 e. The van der Waals surface area contributed by atoms with Gasteiger partial charge in [-0.15, -0.1) is 6.58 Å². The van der Waals surface area contributed by atoms with E-state index in [4.69, 9.17) is 4.74 Å². The standard InChI is InChI=1S/C20H25F5O2/c1-2-3-4-13-5-8-15(9-6-13)18(19(22)23)26-12-14-7-10-17(16(21)11-14)27-20(24)25/h2,7,10-11,13,15,18-20H,1,3-6,8-9,12H2. The van der Waals surface area contributed by atoms with Crippen molar-refractivity contribution in [1.29, 1.82) is 0 Å². The van der Waals surface area contributed by atoms with Crippen molar-refractivity contribution in [3.05, 3.63) is 42.2 Å². The largest absolute Gasteiger partial charge is 0.432 e. The maximum absolute atomic E-state index is 13.7. The summed E-state index contributed by atoms with van der Waals surface area (Å²) >= 11 is 0. The molecule has 1 aromatic rings. The summed E-state index contributed by atoms with van der Waals surface area (Å²) in [5, 5.41) is 0. The second-order valence-electron chi connectivity index (χ2n) is 6.90. The molecule has 2 nitrogen and oxygen atoms in total. The van der Waals surface area contributed by atoms with E-state index in [1.54, 1.807) is 0 Å². The number of halogens is 5. The van der Waals surface area contributed by atoms with Crippen molar-refractivity contribution in [2.45, 2.75) is 64.3 Å². The molecular formula is C20H25F5O2. The van der Waals surface area contributed by atoms with Crippen LogP contribution in [0, 0.1) is 17.7 Å². The lowest BCUT2D eigenvalue weighted by Gasteiger charge is -2.33. The van der Waals surface area contributed by atoms with Crippen LogP contribution in [0.15, 0.2) is 30.9 Å². The van der Waals surface area contributed by atoms with E-state index in [9.17, 15) is 22.0 Å². The van der Waals surface area contributed by atoms with Gasteiger partial charge >= 0.3 is 6.61 Å². The molecule has 0 N–H and O–H groups in total. The Bertz CT molecular complexity index is 586. The van der Waals surface area contributed by atoms with Gasteiger partial charge in [-0.25, -0.2) is 13.2 Å². The average molecular weight is 392 g/mol. The van der Waals surface area contributed by atoms with E-state index >= 15 is 0 Å². The number of benzene rings is 1. The lowest BCUT2D eigenvalue weighted by Crippen LogP contribution is -2.34. The van der Waals surface area contributed by atoms with Gasteiger partial charge in [0, 0.05) is 0 Å². The summed E-state index contributed by atoms with van der Waals surface area (Å²) in [7, 11) is 0. The molecule has 2 rings (SSSR count). The van der Waals surface area contributed by atoms with Gasteiger partial charge in [0.1, 0.15) is 6.10 Å². The van der Waals surface area contributed by atoms with E-state index in [1.165, 1.54) is 6.07 Å². The number of hydrogen-bond acceptors (Lipinski definition) is 2. The molecule has 1 saturated carbocycles. The molecule has 1 fully saturated rings. The van der Waals surface area contributed by atoms with Crippen molar-refractivity contribution in [2.24, 2.45) is 11.8 Å². The summed E-state index contributed by atoms with van der Waals surface area (Å²) in [6, 6.07) is 3.34. The Hall–Kier alpha value is -1.63. The fourth-order valence-corrected chi connectivity index (χ4v) is 3.59. The Morgan fingerprint density at radius 1 is 1.11 bits per heavy atom. The van der Waals surface area contributed by atoms with Crippen LogP contribution >= 0.6 is 0 Å². The number of rotatable bonds is 10. The van der Waals surface area contributed by atoms with Crippen LogP contribution in [0.25, 0.3) is 0 Å². The van der Waals surface area contributed by atoms with Crippen LogP contribution in [-0.4, -0.2) is 19.1 Å². The molecular weight excluding hydrogens is 367 g/mol. The van der Waals surface area contributed by atoms with Crippen molar-refractivity contribution in [3.8, 4) is 5.75 Å². The minimum atomic E-state index is -3.13. The molecule has 1 aromatic carbocycles. The molecule has 0 saturated heterocycles. The molecule has 0 amide bonds. The topological polar surface area (TPSA) is 18.5 Å². The normalized spacial score (nSPS) is 21.4. The number of allylic oxidation sites excluding steroid dienone is 1. The third-order valence-corrected chi connectivity index (χ3v) is 5.04. The zero-order valence-electron chi connectivity index (χ0n) is 15.1. The number of alkyl halides is 4. The van der Waals surface area contributed by atoms with Crippen LogP contribution in [0.2, 0.25) is 0 Å². The summed E-state index contributed by atoms with van der Waals surface area (Å²) in [6.07, 6.45) is 3.10. The SMILES string of the molecule is C=CCCC1CCC(C(OCc2ccc(OC(F)F)c(F)c2)C(F)F)CC1. The van der Waals surface area contributed by atoms with Crippen LogP contribution < -0.4 is 4.74 Å². The predicted octanol–water partition coefficient (Wildman–Crippen LogP) is 6.35. The Morgan fingerprint density at radius 3 is 2.37 bits per heavy atom. The average Bonchev–Trinajstić information content (AvgIpc) is 2.62. The monoisotopic (exact) mass is 392 g/mol. The molecule has 1 unspecified atom stereocenters. The third-order valence-electron chi connectivity index (χ3n) is 5.04. The summed E-state index contributed by atoms with van der Waals surface area (Å²) in [5.74, 6) is -1.27. The van der Waals surface area contributed by atoms with Crippen molar-refractivity contribution < 1.29 is 31.4 Å². The quantitative estimate of drug-likeness (QED) is 0.341. The van der Waals surface area contributed by atoms with Crippen LogP contribution in [0.1, 0.15) is 44.1 Å². The molecule has 0 spiro atoms. The van der Waals surface area contributed by atoms with Crippen LogP contribution in [0.5, 0.6) is 5.75 Å². The van der Waals surface area contributed by atoms with E-state index in [1.807, 2.05) is 6.08 Å². The summed E-state index contributed by atoms with van der Waals surface area (Å²) in [5.41, 5.74) is 0.291. The Labute approximate surface area is 156 Å². The molecule has 0 radical (unpaired) electrons. The van der Waals surface area contributed by atoms with Crippen LogP contribution in [0.4, 0.5) is 22.0 Å². The first-order chi connectivity index (χ1) is 12.9. The fraction of sp³-hybridized carbons (Fsp3) is 0.600. The lowest BCUT2D eigenvalue weighted by molar-refractivity contribution is -0.102. The van der Waals surface area contributed by atoms with Crippen LogP contribution in [0.3, 0.4) is 0 Å². The van der Waals surface area contributed by atoms with Crippen molar-refractivity contribution in [2.75, 3.05) is 0 Å². The second kappa shape index (κ2) is 10.6. The molecule has 1 aliphatic rings. The highest BCUT2D eigenvalue weighted by atomic mass is 19.3. The zero-order valence-corrected chi connectivity index (χ0v) is 15.1. The van der Waals surface area contributed by atoms with Gasteiger partial charge in [0.25, 0.3) is 6.43 Å². The highest BCUT2D eigenvalue weighted by Crippen LogP contribution is 2.36. The van der Waals surface area contributed by atoms with Gasteiger partial charge in [0.05, 0.1) is 6.61 Å². The zero-order chi connectivity index (χ0) is 19.8. The molecule has 1 atom stereocenters. The van der Waals surface area contributed by atoms with Crippen LogP contribution in [-0.2, 0) is 11.3 Å². The van der Waals surface area contributed by atoms with E-state index in [0.717, 1.165) is 37.8 Å². The van der Waals surface area contributed by atoms with Crippen molar-refractivity contribution >= 4 is 0 Å². The molecule has 1 aliphatic carbocycles. The molecule has 7 heteroatoms. The molecule has 0 aliphatic heterocycles. The first-order valence-electron chi connectivity index (χ1n) is 9.14. The third kappa shape index (κ3) is 6.79. The van der Waals surface area contributed by atoms with Gasteiger partial charge < -0.3 is 9.47 Å². The summed E-state index contributed by atoms with van der Waals surface area (Å²) < 4.78 is 74.3. The second-order valence-corrected chi connectivity index (χ2v) is 6.90. The fourth-order valence-electron chi connectivity index (χ4n) is 3.59. The van der Waals surface area contributed by atoms with Gasteiger partial charge in [-0.1, -0.05) is 25.0 Å². The lowest BCUT2D eigenvalue weighted by atomic mass is 9.77. The highest BCUT2D eigenvalue weighted by molar-refractivity contribution is 5.29. The van der Waals surface area contributed by atoms with E-state index in [2.05, 4.69) is 11.3 Å². The van der Waals surface area contributed by atoms with Crippen molar-refractivity contribution in [3.63, 3.8) is 0 Å². The maximum Gasteiger partial charge on any atom is 0.387 e. The van der Waals surface area contributed by atoms with E-state index in [0.29, 0.717) is 24.3 Å². The number of ether oxygens (including phenoxy) is 2. The maximum atomic E-state index is 13.7. The van der Waals surface area contributed by atoms with Crippen molar-refractivity contribution in [1.82, 2.24) is 0 Å². The molecule has 0 aromatic heterocycles. The van der Waals surface area contributed by atoms with Gasteiger partial charge in [-0.05, 0) is 55.2 Å². The van der Waals surface area contributed by atoms with Gasteiger partial charge in [0.15, 0.2) is 11.6 Å². The highest BCUT2D eigenvalue weighted by Gasteiger charge is 2.33. The van der Waals surface area contributed by atoms with Gasteiger partial charge in [-0.3, -0.25) is 0 Å². The Kier molecular flexibility index (Phi) is 8.54. The van der Waals surface area contributed by atoms with Gasteiger partial charge in [-0.2, -0.15) is 8.78 Å². The molecule has 27 heavy (non-hydrogen) atoms. The molecule has 0 bridgehead atoms. The summed E-state index contributed by atoms with van der Waals surface area (Å²) in [4.78, 5) is 0. The number of hydrogen-bond donors (Lipinski definition) is 0. The Morgan fingerprint density at radius 2 is 1.81 bits per heavy atom. The minimum absolute atomic E-state index is 0.211. The Balaban J connectivity index is 1.89. The molecule has 152 valence electrons. The van der Waals surface area contributed by atoms with Gasteiger partial charge in [0.2, 0.25) is 0 Å². The first-order valence-corrected chi connectivity index (χ1v) is 9.14. The predicted molar refractivity (Wildman–Crippen MR) is 92.5 cm³/mol. The smallest absolute Gasteiger partial charge is 0.387 e. The summed E-state index contributed by atoms with van der Waals surface area (Å²) in [6.45, 7) is 0.355. The molecule has 0 heterocycles. The van der Waals surface area contributed by atoms with E-state index in [-0.39, 0.29) is 12.5 Å². The first kappa shape index (κ1) is 21.7. The van der Waals surface area contributed by atoms with E-state index < -0.39 is 30.7 Å².